The number of hydrogen-bond donors (Lipinski definition) is 2. The van der Waals surface area contributed by atoms with Gasteiger partial charge in [-0.05, 0) is 138 Å². The molecule has 7 rings (SSSR count). The molecule has 68 heavy (non-hydrogen) atoms. The van der Waals surface area contributed by atoms with Crippen LogP contribution in [-0.2, 0) is 50.1 Å². The molecule has 13 heteroatoms. The van der Waals surface area contributed by atoms with Gasteiger partial charge in [0.15, 0.2) is 11.6 Å². The average Bonchev–Trinajstić information content (AvgIpc) is 3.33. The second-order valence-corrected chi connectivity index (χ2v) is 19.7. The van der Waals surface area contributed by atoms with Crippen molar-refractivity contribution in [3.63, 3.8) is 0 Å². The maximum atomic E-state index is 13.4. The number of ketones is 2. The molecule has 2 N–H and O–H groups in total. The summed E-state index contributed by atoms with van der Waals surface area (Å²) in [5.74, 6) is -1.18. The van der Waals surface area contributed by atoms with Crippen molar-refractivity contribution in [3.05, 3.63) is 238 Å². The molecule has 7 aromatic rings. The summed E-state index contributed by atoms with van der Waals surface area (Å²) >= 11 is 1.76. The first-order valence-electron chi connectivity index (χ1n) is 21.7. The Balaban J connectivity index is 0.000000226. The largest absolute Gasteiger partial charge is 0.342 e. The van der Waals surface area contributed by atoms with Crippen LogP contribution in [0, 0.1) is 25.5 Å². The van der Waals surface area contributed by atoms with Crippen molar-refractivity contribution in [3.8, 4) is 0 Å². The molecule has 2 amide bonds. The van der Waals surface area contributed by atoms with Crippen molar-refractivity contribution in [2.24, 2.45) is 0 Å². The number of Topliss-reactive ketones (excluding diaryl/α,β-unsaturated/α-hetero) is 2. The lowest BCUT2D eigenvalue weighted by Crippen LogP contribution is -2.43. The zero-order valence-corrected chi connectivity index (χ0v) is 39.7. The van der Waals surface area contributed by atoms with Crippen LogP contribution in [0.25, 0.3) is 0 Å². The summed E-state index contributed by atoms with van der Waals surface area (Å²) in [5.41, 5.74) is 6.87. The minimum absolute atomic E-state index is 0.00432. The third-order valence-corrected chi connectivity index (χ3v) is 13.5. The number of hydrogen-bond acceptors (Lipinski definition) is 7. The van der Waals surface area contributed by atoms with Crippen LogP contribution in [0.2, 0.25) is 0 Å². The summed E-state index contributed by atoms with van der Waals surface area (Å²) in [7, 11) is 1.52. The Morgan fingerprint density at radius 1 is 0.529 bits per heavy atom. The third kappa shape index (κ3) is 15.4. The van der Waals surface area contributed by atoms with E-state index in [0.717, 1.165) is 32.9 Å². The quantitative estimate of drug-likeness (QED) is 0.0648. The van der Waals surface area contributed by atoms with Crippen molar-refractivity contribution in [2.45, 2.75) is 67.2 Å². The van der Waals surface area contributed by atoms with Crippen LogP contribution in [0.15, 0.2) is 186 Å². The predicted molar refractivity (Wildman–Crippen MR) is 264 cm³/mol. The molecule has 0 heterocycles. The molecule has 348 valence electrons. The molecule has 0 saturated carbocycles. The van der Waals surface area contributed by atoms with Crippen LogP contribution in [0.1, 0.15) is 59.7 Å². The van der Waals surface area contributed by atoms with Crippen molar-refractivity contribution < 1.29 is 36.4 Å². The number of nitrogens with one attached hydrogen (secondary N) is 2. The highest BCUT2D eigenvalue weighted by atomic mass is 35.7. The van der Waals surface area contributed by atoms with E-state index in [9.17, 15) is 36.4 Å². The second-order valence-electron chi connectivity index (χ2n) is 16.1. The SMILES string of the molecule is Cc1cc(S(=O)(=O)Cl)ccc1CC(=O)[C@H](Cc1ccccc1)NC(=O)c1ccc(F)cc1.Cc1cc(SCc2ccccc2)ccc1CC(=O)[C@H](Cc1ccccc1)NC(=O)c1ccc(F)cc1. The fourth-order valence-electron chi connectivity index (χ4n) is 7.21. The highest BCUT2D eigenvalue weighted by molar-refractivity contribution is 8.13. The molecule has 0 aromatic heterocycles. The van der Waals surface area contributed by atoms with Gasteiger partial charge in [-0.3, -0.25) is 19.2 Å². The van der Waals surface area contributed by atoms with Crippen molar-refractivity contribution in [2.75, 3.05) is 0 Å². The standard InChI is InChI=1S/C31H28FNO2S.C24H21ClFNO4S/c1-22-18-28(36-21-24-10-6-3-7-11-24)17-14-26(22)20-30(34)29(19-23-8-4-2-5-9-23)33-31(35)25-12-15-27(32)16-13-25;1-16-13-21(32(25,30)31)12-9-19(16)15-23(28)22(14-17-5-3-2-4-6-17)27-24(29)18-7-10-20(26)11-8-18/h2-18,29H,19-21H2,1H3,(H,33,35);2-13,22H,14-15H2,1H3,(H,27,29)/t29-;22-/m00/s1. The van der Waals surface area contributed by atoms with Gasteiger partial charge in [-0.15, -0.1) is 11.8 Å². The van der Waals surface area contributed by atoms with Crippen LogP contribution in [0.4, 0.5) is 8.78 Å². The Morgan fingerprint density at radius 2 is 0.926 bits per heavy atom. The Labute approximate surface area is 404 Å². The van der Waals surface area contributed by atoms with Crippen LogP contribution in [0.3, 0.4) is 0 Å². The molecule has 0 bridgehead atoms. The van der Waals surface area contributed by atoms with Crippen LogP contribution in [-0.4, -0.2) is 43.9 Å². The molecule has 0 saturated heterocycles. The zero-order chi connectivity index (χ0) is 48.6. The van der Waals surface area contributed by atoms with Crippen LogP contribution < -0.4 is 10.6 Å². The first kappa shape index (κ1) is 50.7. The number of benzene rings is 7. The van der Waals surface area contributed by atoms with Crippen molar-refractivity contribution in [1.82, 2.24) is 10.6 Å². The molecule has 0 fully saturated rings. The summed E-state index contributed by atoms with van der Waals surface area (Å²) < 4.78 is 49.5. The fourth-order valence-corrected chi connectivity index (χ4v) is 9.00. The van der Waals surface area contributed by atoms with Gasteiger partial charge in [-0.25, -0.2) is 17.2 Å². The van der Waals surface area contributed by atoms with E-state index >= 15 is 0 Å². The zero-order valence-electron chi connectivity index (χ0n) is 37.3. The van der Waals surface area contributed by atoms with E-state index in [1.54, 1.807) is 24.8 Å². The van der Waals surface area contributed by atoms with Gasteiger partial charge >= 0.3 is 0 Å². The number of rotatable bonds is 18. The average molecular weight is 972 g/mol. The van der Waals surface area contributed by atoms with Crippen LogP contribution in [0.5, 0.6) is 0 Å². The van der Waals surface area contributed by atoms with E-state index in [4.69, 9.17) is 10.7 Å². The van der Waals surface area contributed by atoms with Gasteiger partial charge in [-0.2, -0.15) is 0 Å². The fraction of sp³-hybridized carbons (Fsp3) is 0.164. The van der Waals surface area contributed by atoms with E-state index in [1.807, 2.05) is 97.9 Å². The number of carbonyl (C=O) groups excluding carboxylic acids is 4. The van der Waals surface area contributed by atoms with Crippen molar-refractivity contribution >= 4 is 54.9 Å². The third-order valence-electron chi connectivity index (χ3n) is 11.1. The number of carbonyl (C=O) groups is 4. The van der Waals surface area contributed by atoms with E-state index in [-0.39, 0.29) is 41.3 Å². The Bertz CT molecular complexity index is 2940. The Morgan fingerprint density at radius 3 is 1.32 bits per heavy atom. The van der Waals surface area contributed by atoms with Gasteiger partial charge in [0, 0.05) is 45.3 Å². The van der Waals surface area contributed by atoms with E-state index < -0.39 is 44.6 Å². The Kier molecular flexibility index (Phi) is 18.1. The molecular formula is C55H49ClF2N2O6S2. The van der Waals surface area contributed by atoms with Crippen LogP contribution >= 0.6 is 22.4 Å². The van der Waals surface area contributed by atoms with Crippen molar-refractivity contribution in [1.29, 1.82) is 0 Å². The van der Waals surface area contributed by atoms with Gasteiger partial charge in [0.1, 0.15) is 11.6 Å². The topological polar surface area (TPSA) is 126 Å². The van der Waals surface area contributed by atoms with Gasteiger partial charge in [0.05, 0.1) is 17.0 Å². The molecule has 0 spiro atoms. The first-order valence-corrected chi connectivity index (χ1v) is 25.0. The highest BCUT2D eigenvalue weighted by Crippen LogP contribution is 2.26. The molecule has 0 aliphatic heterocycles. The second kappa shape index (κ2) is 24.3. The first-order chi connectivity index (χ1) is 32.6. The van der Waals surface area contributed by atoms with Gasteiger partial charge in [-0.1, -0.05) is 103 Å². The molecule has 2 atom stereocenters. The van der Waals surface area contributed by atoms with Gasteiger partial charge in [0.25, 0.3) is 20.9 Å². The number of thioether (sulfide) groups is 1. The normalized spacial score (nSPS) is 11.9. The smallest absolute Gasteiger partial charge is 0.261 e. The molecule has 7 aromatic carbocycles. The monoisotopic (exact) mass is 970 g/mol. The summed E-state index contributed by atoms with van der Waals surface area (Å²) in [6, 6.07) is 48.5. The number of aryl methyl sites for hydroxylation is 2. The summed E-state index contributed by atoms with van der Waals surface area (Å²) in [5, 5.41) is 5.62. The summed E-state index contributed by atoms with van der Waals surface area (Å²) in [4.78, 5) is 53.2. The van der Waals surface area contributed by atoms with Gasteiger partial charge < -0.3 is 10.6 Å². The molecule has 0 aliphatic carbocycles. The molecule has 0 unspecified atom stereocenters. The molecular weight excluding hydrogens is 922 g/mol. The minimum atomic E-state index is -3.87. The molecule has 8 nitrogen and oxygen atoms in total. The van der Waals surface area contributed by atoms with E-state index in [2.05, 4.69) is 28.8 Å². The lowest BCUT2D eigenvalue weighted by atomic mass is 9.95. The lowest BCUT2D eigenvalue weighted by Gasteiger charge is -2.19. The van der Waals surface area contributed by atoms with E-state index in [0.29, 0.717) is 23.1 Å². The maximum Gasteiger partial charge on any atom is 0.261 e. The van der Waals surface area contributed by atoms with E-state index in [1.165, 1.54) is 66.2 Å². The summed E-state index contributed by atoms with van der Waals surface area (Å²) in [6.07, 6.45) is 0.878. The number of amides is 2. The molecule has 0 radical (unpaired) electrons. The predicted octanol–water partition coefficient (Wildman–Crippen LogP) is 10.8. The highest BCUT2D eigenvalue weighted by Gasteiger charge is 2.25. The Hall–Kier alpha value is -6.73. The number of halogens is 3. The maximum absolute atomic E-state index is 13.4. The minimum Gasteiger partial charge on any atom is -0.342 e. The lowest BCUT2D eigenvalue weighted by molar-refractivity contribution is -0.121. The van der Waals surface area contributed by atoms with Gasteiger partial charge in [0.2, 0.25) is 0 Å². The molecule has 0 aliphatic rings. The summed E-state index contributed by atoms with van der Waals surface area (Å²) in [6.45, 7) is 3.70.